The van der Waals surface area contributed by atoms with Gasteiger partial charge >= 0.3 is 0 Å². The molecule has 152 valence electrons. The molecule has 5 rings (SSSR count). The number of benzene rings is 2. The molecule has 0 fully saturated rings. The van der Waals surface area contributed by atoms with Crippen LogP contribution in [0.1, 0.15) is 10.6 Å². The summed E-state index contributed by atoms with van der Waals surface area (Å²) in [6.45, 7) is 0. The molecule has 0 saturated carbocycles. The Bertz CT molecular complexity index is 1410. The molecule has 31 heavy (non-hydrogen) atoms. The molecule has 1 amide bonds. The van der Waals surface area contributed by atoms with E-state index in [1.54, 1.807) is 6.20 Å². The van der Waals surface area contributed by atoms with Gasteiger partial charge < -0.3 is 14.7 Å². The standard InChI is InChI=1S/C23H14ClFN4O2/c24-20-9-8-19(31-20)23(30)27-15-6-7-17(25)16(11-15)21-28-18-10-14(12-26-22(18)29-21)13-4-2-1-3-5-13/h1-12H,(H,27,30)(H,26,28,29). The maximum atomic E-state index is 14.6. The Morgan fingerprint density at radius 3 is 2.65 bits per heavy atom. The Hall–Kier alpha value is -3.97. The van der Waals surface area contributed by atoms with Crippen molar-refractivity contribution >= 4 is 34.4 Å². The van der Waals surface area contributed by atoms with Crippen LogP contribution in [0, 0.1) is 5.82 Å². The third-order valence-electron chi connectivity index (χ3n) is 4.72. The number of imidazole rings is 1. The molecule has 8 heteroatoms. The lowest BCUT2D eigenvalue weighted by molar-refractivity contribution is 0.0996. The van der Waals surface area contributed by atoms with Gasteiger partial charge in [0.25, 0.3) is 5.91 Å². The summed E-state index contributed by atoms with van der Waals surface area (Å²) >= 11 is 5.71. The molecule has 0 saturated heterocycles. The Kier molecular flexibility index (Phi) is 4.72. The van der Waals surface area contributed by atoms with Crippen LogP contribution in [0.4, 0.5) is 10.1 Å². The lowest BCUT2D eigenvalue weighted by atomic mass is 10.1. The van der Waals surface area contributed by atoms with Gasteiger partial charge in [0.2, 0.25) is 0 Å². The van der Waals surface area contributed by atoms with E-state index in [2.05, 4.69) is 20.3 Å². The first kappa shape index (κ1) is 19.0. The number of rotatable bonds is 4. The van der Waals surface area contributed by atoms with Crippen molar-refractivity contribution in [3.63, 3.8) is 0 Å². The number of fused-ring (bicyclic) bond motifs is 1. The number of pyridine rings is 1. The van der Waals surface area contributed by atoms with Crippen molar-refractivity contribution < 1.29 is 13.6 Å². The Labute approximate surface area is 180 Å². The van der Waals surface area contributed by atoms with Crippen LogP contribution in [0.2, 0.25) is 5.22 Å². The number of aromatic amines is 1. The average Bonchev–Trinajstić information content (AvgIpc) is 3.41. The van der Waals surface area contributed by atoms with Crippen LogP contribution in [0.25, 0.3) is 33.7 Å². The molecule has 3 aromatic heterocycles. The predicted octanol–water partition coefficient (Wildman–Crippen LogP) is 5.93. The molecular weight excluding hydrogens is 419 g/mol. The SMILES string of the molecule is O=C(Nc1ccc(F)c(-c2nc3ncc(-c4ccccc4)cc3[nH]2)c1)c1ccc(Cl)o1. The highest BCUT2D eigenvalue weighted by atomic mass is 35.5. The molecule has 0 unspecified atom stereocenters. The highest BCUT2D eigenvalue weighted by Crippen LogP contribution is 2.28. The summed E-state index contributed by atoms with van der Waals surface area (Å²) in [6, 6.07) is 18.9. The molecule has 6 nitrogen and oxygen atoms in total. The van der Waals surface area contributed by atoms with E-state index < -0.39 is 11.7 Å². The van der Waals surface area contributed by atoms with Crippen LogP contribution < -0.4 is 5.32 Å². The van der Waals surface area contributed by atoms with Crippen LogP contribution in [-0.2, 0) is 0 Å². The van der Waals surface area contributed by atoms with Gasteiger partial charge in [-0.15, -0.1) is 0 Å². The van der Waals surface area contributed by atoms with E-state index in [1.165, 1.54) is 30.3 Å². The highest BCUT2D eigenvalue weighted by molar-refractivity contribution is 6.29. The third kappa shape index (κ3) is 3.78. The number of aromatic nitrogens is 3. The molecule has 5 aromatic rings. The zero-order valence-electron chi connectivity index (χ0n) is 15.9. The zero-order chi connectivity index (χ0) is 21.4. The van der Waals surface area contributed by atoms with E-state index in [4.69, 9.17) is 16.0 Å². The second-order valence-corrected chi connectivity index (χ2v) is 7.17. The quantitative estimate of drug-likeness (QED) is 0.368. The number of nitrogens with one attached hydrogen (secondary N) is 2. The topological polar surface area (TPSA) is 83.8 Å². The van der Waals surface area contributed by atoms with Gasteiger partial charge in [0.05, 0.1) is 11.1 Å². The number of H-pyrrole nitrogens is 1. The summed E-state index contributed by atoms with van der Waals surface area (Å²) in [7, 11) is 0. The molecule has 3 heterocycles. The van der Waals surface area contributed by atoms with E-state index in [-0.39, 0.29) is 16.5 Å². The van der Waals surface area contributed by atoms with Crippen molar-refractivity contribution in [3.8, 4) is 22.5 Å². The minimum absolute atomic E-state index is 0.0530. The van der Waals surface area contributed by atoms with E-state index >= 15 is 0 Å². The minimum Gasteiger partial charge on any atom is -0.440 e. The fraction of sp³-hybridized carbons (Fsp3) is 0. The van der Waals surface area contributed by atoms with Gasteiger partial charge in [-0.2, -0.15) is 0 Å². The lowest BCUT2D eigenvalue weighted by Crippen LogP contribution is -2.11. The van der Waals surface area contributed by atoms with E-state index in [0.29, 0.717) is 22.7 Å². The number of hydrogen-bond acceptors (Lipinski definition) is 4. The molecule has 2 aromatic carbocycles. The maximum absolute atomic E-state index is 14.6. The lowest BCUT2D eigenvalue weighted by Gasteiger charge is -2.06. The van der Waals surface area contributed by atoms with Crippen molar-refractivity contribution in [3.05, 3.63) is 89.7 Å². The fourth-order valence-corrected chi connectivity index (χ4v) is 3.38. The highest BCUT2D eigenvalue weighted by Gasteiger charge is 2.15. The summed E-state index contributed by atoms with van der Waals surface area (Å²) in [6.07, 6.45) is 1.73. The van der Waals surface area contributed by atoms with Crippen LogP contribution in [0.3, 0.4) is 0 Å². The van der Waals surface area contributed by atoms with Gasteiger partial charge in [-0.05, 0) is 53.6 Å². The summed E-state index contributed by atoms with van der Waals surface area (Å²) in [4.78, 5) is 24.2. The molecule has 0 aliphatic heterocycles. The van der Waals surface area contributed by atoms with Crippen LogP contribution in [-0.4, -0.2) is 20.9 Å². The van der Waals surface area contributed by atoms with Crippen LogP contribution in [0.5, 0.6) is 0 Å². The second kappa shape index (κ2) is 7.70. The summed E-state index contributed by atoms with van der Waals surface area (Å²) in [5, 5.41) is 2.76. The van der Waals surface area contributed by atoms with E-state index in [0.717, 1.165) is 11.1 Å². The van der Waals surface area contributed by atoms with Gasteiger partial charge in [-0.3, -0.25) is 4.79 Å². The zero-order valence-corrected chi connectivity index (χ0v) is 16.7. The first-order valence-electron chi connectivity index (χ1n) is 9.34. The van der Waals surface area contributed by atoms with Crippen molar-refractivity contribution in [2.45, 2.75) is 0 Å². The Morgan fingerprint density at radius 2 is 1.87 bits per heavy atom. The number of carbonyl (C=O) groups excluding carboxylic acids is 1. The third-order valence-corrected chi connectivity index (χ3v) is 4.92. The van der Waals surface area contributed by atoms with Crippen molar-refractivity contribution in [1.82, 2.24) is 15.0 Å². The van der Waals surface area contributed by atoms with Crippen molar-refractivity contribution in [2.75, 3.05) is 5.32 Å². The Morgan fingerprint density at radius 1 is 1.03 bits per heavy atom. The first-order chi connectivity index (χ1) is 15.1. The van der Waals surface area contributed by atoms with Gasteiger partial charge in [-0.1, -0.05) is 30.3 Å². The largest absolute Gasteiger partial charge is 0.440 e. The summed E-state index contributed by atoms with van der Waals surface area (Å²) in [5.74, 6) is -0.621. The fourth-order valence-electron chi connectivity index (χ4n) is 3.23. The number of nitrogens with zero attached hydrogens (tertiary/aromatic N) is 2. The number of anilines is 1. The number of furan rings is 1. The summed E-state index contributed by atoms with van der Waals surface area (Å²) in [5.41, 5.74) is 3.66. The minimum atomic E-state index is -0.497. The molecule has 0 radical (unpaired) electrons. The molecule has 2 N–H and O–H groups in total. The molecular formula is C23H14ClFN4O2. The number of halogens is 2. The van der Waals surface area contributed by atoms with Crippen molar-refractivity contribution in [1.29, 1.82) is 0 Å². The molecule has 0 atom stereocenters. The first-order valence-corrected chi connectivity index (χ1v) is 9.72. The normalized spacial score (nSPS) is 11.0. The Balaban J connectivity index is 1.48. The van der Waals surface area contributed by atoms with Gasteiger partial charge in [0.1, 0.15) is 11.6 Å². The van der Waals surface area contributed by atoms with Crippen LogP contribution >= 0.6 is 11.6 Å². The second-order valence-electron chi connectivity index (χ2n) is 6.80. The molecule has 0 aliphatic carbocycles. The average molecular weight is 433 g/mol. The summed E-state index contributed by atoms with van der Waals surface area (Å²) < 4.78 is 19.7. The van der Waals surface area contributed by atoms with E-state index in [1.807, 2.05) is 36.4 Å². The van der Waals surface area contributed by atoms with Gasteiger partial charge in [-0.25, -0.2) is 14.4 Å². The number of hydrogen-bond donors (Lipinski definition) is 2. The molecule has 0 spiro atoms. The van der Waals surface area contributed by atoms with Gasteiger partial charge in [0.15, 0.2) is 16.6 Å². The van der Waals surface area contributed by atoms with Crippen LogP contribution in [0.15, 0.2) is 77.3 Å². The number of carbonyl (C=O) groups is 1. The number of amides is 1. The van der Waals surface area contributed by atoms with E-state index in [9.17, 15) is 9.18 Å². The molecule has 0 aliphatic rings. The maximum Gasteiger partial charge on any atom is 0.291 e. The van der Waals surface area contributed by atoms with Gasteiger partial charge in [0, 0.05) is 17.4 Å². The predicted molar refractivity (Wildman–Crippen MR) is 116 cm³/mol. The molecule has 0 bridgehead atoms. The monoisotopic (exact) mass is 432 g/mol. The smallest absolute Gasteiger partial charge is 0.291 e. The van der Waals surface area contributed by atoms with Crippen molar-refractivity contribution in [2.24, 2.45) is 0 Å².